The van der Waals surface area contributed by atoms with E-state index in [1.807, 2.05) is 0 Å². The van der Waals surface area contributed by atoms with E-state index in [1.165, 1.54) is 44.9 Å². The molecule has 0 aromatic heterocycles. The van der Waals surface area contributed by atoms with Gasteiger partial charge in [-0.2, -0.15) is 0 Å². The van der Waals surface area contributed by atoms with E-state index in [1.54, 1.807) is 0 Å². The van der Waals surface area contributed by atoms with Crippen LogP contribution in [0, 0.1) is 5.92 Å². The molecular formula is C19H40O2. The van der Waals surface area contributed by atoms with Crippen LogP contribution in [0.3, 0.4) is 0 Å². The predicted molar refractivity (Wildman–Crippen MR) is 92.7 cm³/mol. The summed E-state index contributed by atoms with van der Waals surface area (Å²) in [5.41, 5.74) is 0. The molecule has 0 bridgehead atoms. The molecule has 2 heteroatoms. The summed E-state index contributed by atoms with van der Waals surface area (Å²) in [6, 6.07) is 0. The average Bonchev–Trinajstić information content (AvgIpc) is 2.51. The second-order valence-electron chi connectivity index (χ2n) is 6.11. The molecule has 128 valence electrons. The Bertz CT molecular complexity index is 218. The van der Waals surface area contributed by atoms with Gasteiger partial charge in [-0.25, -0.2) is 0 Å². The third-order valence-corrected chi connectivity index (χ3v) is 4.45. The van der Waals surface area contributed by atoms with Gasteiger partial charge in [0.05, 0.1) is 0 Å². The normalized spacial score (nSPS) is 15.9. The minimum absolute atomic E-state index is 0.344. The van der Waals surface area contributed by atoms with Crippen LogP contribution in [0.4, 0.5) is 0 Å². The predicted octanol–water partition coefficient (Wildman–Crippen LogP) is 6.33. The average molecular weight is 301 g/mol. The van der Waals surface area contributed by atoms with Crippen molar-refractivity contribution in [3.05, 3.63) is 0 Å². The number of hydrogen-bond donors (Lipinski definition) is 0. The van der Waals surface area contributed by atoms with Crippen molar-refractivity contribution in [3.63, 3.8) is 0 Å². The molecule has 0 rings (SSSR count). The molecule has 0 N–H and O–H groups in total. The summed E-state index contributed by atoms with van der Waals surface area (Å²) in [6.07, 6.45) is 12.5. The van der Waals surface area contributed by atoms with Crippen molar-refractivity contribution in [2.75, 3.05) is 13.2 Å². The van der Waals surface area contributed by atoms with E-state index in [0.29, 0.717) is 5.92 Å². The van der Waals surface area contributed by atoms with Gasteiger partial charge in [0.1, 0.15) is 0 Å². The van der Waals surface area contributed by atoms with E-state index in [0.717, 1.165) is 32.5 Å². The van der Waals surface area contributed by atoms with Crippen LogP contribution in [-0.2, 0) is 9.47 Å². The SMILES string of the molecule is CCCCCCCCC(CC)C(CC)(OCC)OCCC. The Morgan fingerprint density at radius 2 is 1.43 bits per heavy atom. The van der Waals surface area contributed by atoms with Crippen molar-refractivity contribution in [1.82, 2.24) is 0 Å². The standard InChI is InChI=1S/C19H40O2/c1-6-11-12-13-14-15-16-18(8-3)19(9-4,20-10-5)21-17-7-2/h18H,6-17H2,1-5H3. The maximum atomic E-state index is 6.19. The first-order chi connectivity index (χ1) is 10.2. The lowest BCUT2D eigenvalue weighted by Crippen LogP contribution is -2.43. The zero-order chi connectivity index (χ0) is 16.0. The van der Waals surface area contributed by atoms with Crippen LogP contribution in [0.25, 0.3) is 0 Å². The highest BCUT2D eigenvalue weighted by molar-refractivity contribution is 4.78. The third kappa shape index (κ3) is 8.21. The molecule has 0 spiro atoms. The van der Waals surface area contributed by atoms with Crippen molar-refractivity contribution in [1.29, 1.82) is 0 Å². The Morgan fingerprint density at radius 3 is 1.95 bits per heavy atom. The summed E-state index contributed by atoms with van der Waals surface area (Å²) in [6.45, 7) is 12.6. The largest absolute Gasteiger partial charge is 0.350 e. The molecule has 0 saturated carbocycles. The van der Waals surface area contributed by atoms with E-state index in [4.69, 9.17) is 9.47 Å². The van der Waals surface area contributed by atoms with Crippen molar-refractivity contribution in [3.8, 4) is 0 Å². The summed E-state index contributed by atoms with van der Waals surface area (Å²) in [7, 11) is 0. The lowest BCUT2D eigenvalue weighted by molar-refractivity contribution is -0.269. The number of rotatable bonds is 15. The molecule has 2 nitrogen and oxygen atoms in total. The van der Waals surface area contributed by atoms with Crippen LogP contribution >= 0.6 is 0 Å². The van der Waals surface area contributed by atoms with Gasteiger partial charge in [0.2, 0.25) is 0 Å². The highest BCUT2D eigenvalue weighted by atomic mass is 16.7. The van der Waals surface area contributed by atoms with Crippen LogP contribution in [0.1, 0.15) is 98.8 Å². The lowest BCUT2D eigenvalue weighted by atomic mass is 9.87. The molecule has 0 aromatic rings. The van der Waals surface area contributed by atoms with Gasteiger partial charge in [-0.1, -0.05) is 66.2 Å². The number of ether oxygens (including phenoxy) is 2. The molecule has 0 saturated heterocycles. The Hall–Kier alpha value is -0.0800. The third-order valence-electron chi connectivity index (χ3n) is 4.45. The Morgan fingerprint density at radius 1 is 0.762 bits per heavy atom. The minimum Gasteiger partial charge on any atom is -0.350 e. The fraction of sp³-hybridized carbons (Fsp3) is 1.00. The van der Waals surface area contributed by atoms with Crippen molar-refractivity contribution in [2.45, 2.75) is 105 Å². The molecule has 21 heavy (non-hydrogen) atoms. The highest BCUT2D eigenvalue weighted by Crippen LogP contribution is 2.34. The molecule has 0 aliphatic rings. The first kappa shape index (κ1) is 20.9. The topological polar surface area (TPSA) is 18.5 Å². The van der Waals surface area contributed by atoms with Crippen LogP contribution in [-0.4, -0.2) is 19.0 Å². The molecule has 2 atom stereocenters. The number of hydrogen-bond acceptors (Lipinski definition) is 2. The number of unbranched alkanes of at least 4 members (excludes halogenated alkanes) is 5. The van der Waals surface area contributed by atoms with Crippen LogP contribution < -0.4 is 0 Å². The molecule has 0 fully saturated rings. The van der Waals surface area contributed by atoms with Gasteiger partial charge >= 0.3 is 0 Å². The second-order valence-corrected chi connectivity index (χ2v) is 6.11. The Kier molecular flexibility index (Phi) is 13.5. The van der Waals surface area contributed by atoms with E-state index in [2.05, 4.69) is 34.6 Å². The molecule has 0 aliphatic carbocycles. The molecule has 0 aromatic carbocycles. The maximum absolute atomic E-state index is 6.19. The highest BCUT2D eigenvalue weighted by Gasteiger charge is 2.37. The van der Waals surface area contributed by atoms with Gasteiger partial charge < -0.3 is 9.47 Å². The van der Waals surface area contributed by atoms with Crippen LogP contribution in [0.15, 0.2) is 0 Å². The molecule has 0 aliphatic heterocycles. The van der Waals surface area contributed by atoms with E-state index in [-0.39, 0.29) is 5.79 Å². The zero-order valence-corrected chi connectivity index (χ0v) is 15.4. The fourth-order valence-electron chi connectivity index (χ4n) is 3.20. The Balaban J connectivity index is 4.37. The monoisotopic (exact) mass is 300 g/mol. The molecule has 0 amide bonds. The first-order valence-corrected chi connectivity index (χ1v) is 9.48. The summed E-state index contributed by atoms with van der Waals surface area (Å²) in [5, 5.41) is 0. The van der Waals surface area contributed by atoms with Crippen LogP contribution in [0.5, 0.6) is 0 Å². The van der Waals surface area contributed by atoms with Crippen molar-refractivity contribution < 1.29 is 9.47 Å². The summed E-state index contributed by atoms with van der Waals surface area (Å²) in [5.74, 6) is 0.184. The van der Waals surface area contributed by atoms with Gasteiger partial charge in [0.25, 0.3) is 0 Å². The zero-order valence-electron chi connectivity index (χ0n) is 15.4. The quantitative estimate of drug-likeness (QED) is 0.260. The summed E-state index contributed by atoms with van der Waals surface area (Å²) >= 11 is 0. The summed E-state index contributed by atoms with van der Waals surface area (Å²) in [4.78, 5) is 0. The minimum atomic E-state index is -0.344. The smallest absolute Gasteiger partial charge is 0.170 e. The second kappa shape index (κ2) is 13.6. The van der Waals surface area contributed by atoms with E-state index < -0.39 is 0 Å². The van der Waals surface area contributed by atoms with Gasteiger partial charge in [0.15, 0.2) is 5.79 Å². The van der Waals surface area contributed by atoms with Crippen molar-refractivity contribution >= 4 is 0 Å². The molecular weight excluding hydrogens is 260 g/mol. The fourth-order valence-corrected chi connectivity index (χ4v) is 3.20. The van der Waals surface area contributed by atoms with Crippen molar-refractivity contribution in [2.24, 2.45) is 5.92 Å². The van der Waals surface area contributed by atoms with Gasteiger partial charge in [-0.15, -0.1) is 0 Å². The van der Waals surface area contributed by atoms with Crippen LogP contribution in [0.2, 0.25) is 0 Å². The van der Waals surface area contributed by atoms with E-state index >= 15 is 0 Å². The molecule has 2 unspecified atom stereocenters. The first-order valence-electron chi connectivity index (χ1n) is 9.48. The summed E-state index contributed by atoms with van der Waals surface area (Å²) < 4.78 is 12.3. The van der Waals surface area contributed by atoms with Gasteiger partial charge in [-0.05, 0) is 32.6 Å². The maximum Gasteiger partial charge on any atom is 0.170 e. The van der Waals surface area contributed by atoms with E-state index in [9.17, 15) is 0 Å². The molecule has 0 radical (unpaired) electrons. The Labute approximate surface area is 134 Å². The lowest BCUT2D eigenvalue weighted by Gasteiger charge is -2.39. The molecule has 0 heterocycles. The van der Waals surface area contributed by atoms with Gasteiger partial charge in [0, 0.05) is 19.1 Å². The van der Waals surface area contributed by atoms with Gasteiger partial charge in [-0.3, -0.25) is 0 Å².